The van der Waals surface area contributed by atoms with E-state index in [2.05, 4.69) is 56.5 Å². The van der Waals surface area contributed by atoms with Crippen LogP contribution in [0.15, 0.2) is 64.3 Å². The van der Waals surface area contributed by atoms with Crippen LogP contribution >= 0.6 is 0 Å². The summed E-state index contributed by atoms with van der Waals surface area (Å²) in [6.07, 6.45) is 3.57. The van der Waals surface area contributed by atoms with Gasteiger partial charge in [0.1, 0.15) is 12.1 Å². The van der Waals surface area contributed by atoms with Crippen LogP contribution in [0.3, 0.4) is 0 Å². The Labute approximate surface area is 171 Å². The van der Waals surface area contributed by atoms with Crippen LogP contribution in [0.2, 0.25) is 0 Å². The Morgan fingerprint density at radius 2 is 1.79 bits per heavy atom. The van der Waals surface area contributed by atoms with Crippen molar-refractivity contribution in [1.29, 1.82) is 0 Å². The molecule has 2 N–H and O–H groups in total. The molecule has 0 radical (unpaired) electrons. The molecule has 1 aromatic carbocycles. The summed E-state index contributed by atoms with van der Waals surface area (Å²) in [5, 5.41) is 6.55. The van der Waals surface area contributed by atoms with E-state index in [1.165, 1.54) is 0 Å². The van der Waals surface area contributed by atoms with Crippen molar-refractivity contribution >= 4 is 11.8 Å². The molecule has 7 heteroatoms. The highest BCUT2D eigenvalue weighted by Crippen LogP contribution is 2.17. The van der Waals surface area contributed by atoms with Gasteiger partial charge in [0.2, 0.25) is 5.89 Å². The first kappa shape index (κ1) is 20.4. The van der Waals surface area contributed by atoms with Crippen molar-refractivity contribution in [2.45, 2.75) is 26.9 Å². The Balaban J connectivity index is 1.50. The predicted molar refractivity (Wildman–Crippen MR) is 117 cm³/mol. The van der Waals surface area contributed by atoms with Gasteiger partial charge in [-0.05, 0) is 37.6 Å². The number of guanidine groups is 1. The normalized spacial score (nSPS) is 11.3. The molecular formula is C22H28N6O. The lowest BCUT2D eigenvalue weighted by atomic mass is 10.2. The van der Waals surface area contributed by atoms with Gasteiger partial charge in [0.25, 0.3) is 0 Å². The first-order valence-corrected chi connectivity index (χ1v) is 9.87. The summed E-state index contributed by atoms with van der Waals surface area (Å²) in [6, 6.07) is 14.0. The molecule has 152 valence electrons. The number of benzene rings is 1. The molecule has 7 nitrogen and oxygen atoms in total. The number of nitrogens with one attached hydrogen (secondary N) is 2. The molecule has 0 saturated heterocycles. The Morgan fingerprint density at radius 3 is 2.45 bits per heavy atom. The molecule has 0 aliphatic heterocycles. The van der Waals surface area contributed by atoms with E-state index in [9.17, 15) is 0 Å². The average molecular weight is 393 g/mol. The molecular weight excluding hydrogens is 364 g/mol. The molecule has 0 bridgehead atoms. The summed E-state index contributed by atoms with van der Waals surface area (Å²) in [6.45, 7) is 7.33. The van der Waals surface area contributed by atoms with Crippen molar-refractivity contribution in [2.24, 2.45) is 4.99 Å². The smallest absolute Gasteiger partial charge is 0.226 e. The van der Waals surface area contributed by atoms with E-state index in [0.717, 1.165) is 35.7 Å². The minimum atomic E-state index is 0.523. The summed E-state index contributed by atoms with van der Waals surface area (Å²) in [4.78, 5) is 15.6. The largest absolute Gasteiger partial charge is 0.444 e. The van der Waals surface area contributed by atoms with Gasteiger partial charge in [-0.15, -0.1) is 0 Å². The van der Waals surface area contributed by atoms with Crippen molar-refractivity contribution in [2.75, 3.05) is 25.0 Å². The SMILES string of the molecule is CCN(CC)c1ccc(CNC(=NC)NCc2coc(-c3ccccc3)n2)cn1. The second kappa shape index (κ2) is 10.3. The zero-order chi connectivity index (χ0) is 20.5. The van der Waals surface area contributed by atoms with Crippen molar-refractivity contribution in [3.8, 4) is 11.5 Å². The lowest BCUT2D eigenvalue weighted by molar-refractivity contribution is 0.572. The number of hydrogen-bond acceptors (Lipinski definition) is 5. The zero-order valence-corrected chi connectivity index (χ0v) is 17.2. The zero-order valence-electron chi connectivity index (χ0n) is 17.2. The highest BCUT2D eigenvalue weighted by atomic mass is 16.3. The van der Waals surface area contributed by atoms with E-state index in [1.54, 1.807) is 13.3 Å². The summed E-state index contributed by atoms with van der Waals surface area (Å²) >= 11 is 0. The van der Waals surface area contributed by atoms with E-state index < -0.39 is 0 Å². The number of aromatic nitrogens is 2. The number of oxazole rings is 1. The van der Waals surface area contributed by atoms with E-state index in [1.807, 2.05) is 36.5 Å². The minimum Gasteiger partial charge on any atom is -0.444 e. The van der Waals surface area contributed by atoms with Crippen LogP contribution in [-0.2, 0) is 13.1 Å². The lowest BCUT2D eigenvalue weighted by Crippen LogP contribution is -2.36. The van der Waals surface area contributed by atoms with Gasteiger partial charge in [0.15, 0.2) is 5.96 Å². The third-order valence-electron chi connectivity index (χ3n) is 4.59. The van der Waals surface area contributed by atoms with Gasteiger partial charge < -0.3 is 20.0 Å². The first-order valence-electron chi connectivity index (χ1n) is 9.87. The molecule has 29 heavy (non-hydrogen) atoms. The molecule has 0 saturated carbocycles. The Hall–Kier alpha value is -3.35. The third kappa shape index (κ3) is 5.57. The molecule has 0 amide bonds. The molecule has 2 aromatic heterocycles. The number of aliphatic imine (C=N–C) groups is 1. The van der Waals surface area contributed by atoms with E-state index >= 15 is 0 Å². The molecule has 2 heterocycles. The molecule has 0 aliphatic rings. The van der Waals surface area contributed by atoms with Crippen LogP contribution in [0, 0.1) is 0 Å². The number of hydrogen-bond donors (Lipinski definition) is 2. The number of anilines is 1. The molecule has 0 atom stereocenters. The molecule has 3 aromatic rings. The summed E-state index contributed by atoms with van der Waals surface area (Å²) in [7, 11) is 1.75. The molecule has 0 fully saturated rings. The van der Waals surface area contributed by atoms with Gasteiger partial charge >= 0.3 is 0 Å². The Bertz CT molecular complexity index is 901. The van der Waals surface area contributed by atoms with Crippen molar-refractivity contribution in [3.63, 3.8) is 0 Å². The van der Waals surface area contributed by atoms with Crippen molar-refractivity contribution < 1.29 is 4.42 Å². The molecule has 0 spiro atoms. The second-order valence-electron chi connectivity index (χ2n) is 6.49. The van der Waals surface area contributed by atoms with Gasteiger partial charge in [0, 0.05) is 38.4 Å². The van der Waals surface area contributed by atoms with Crippen molar-refractivity contribution in [1.82, 2.24) is 20.6 Å². The lowest BCUT2D eigenvalue weighted by Gasteiger charge is -2.19. The van der Waals surface area contributed by atoms with Gasteiger partial charge in [-0.25, -0.2) is 9.97 Å². The van der Waals surface area contributed by atoms with E-state index in [4.69, 9.17) is 4.42 Å². The fraction of sp³-hybridized carbons (Fsp3) is 0.318. The van der Waals surface area contributed by atoms with Crippen molar-refractivity contribution in [3.05, 3.63) is 66.2 Å². The van der Waals surface area contributed by atoms with Gasteiger partial charge in [-0.3, -0.25) is 4.99 Å². The standard InChI is InChI=1S/C22H28N6O/c1-4-28(5-2)20-12-11-17(13-24-20)14-25-22(23-3)26-15-19-16-29-21(27-19)18-9-7-6-8-10-18/h6-13,16H,4-5,14-15H2,1-3H3,(H2,23,25,26). The Morgan fingerprint density at radius 1 is 1.03 bits per heavy atom. The average Bonchev–Trinajstić information content (AvgIpc) is 3.25. The van der Waals surface area contributed by atoms with Crippen LogP contribution in [0.25, 0.3) is 11.5 Å². The van der Waals surface area contributed by atoms with Gasteiger partial charge in [-0.2, -0.15) is 0 Å². The van der Waals surface area contributed by atoms with Gasteiger partial charge in [0.05, 0.1) is 12.2 Å². The van der Waals surface area contributed by atoms with Crippen LogP contribution in [0.4, 0.5) is 5.82 Å². The summed E-state index contributed by atoms with van der Waals surface area (Å²) in [5.74, 6) is 2.31. The second-order valence-corrected chi connectivity index (χ2v) is 6.49. The third-order valence-corrected chi connectivity index (χ3v) is 4.59. The maximum Gasteiger partial charge on any atom is 0.226 e. The molecule has 0 aliphatic carbocycles. The fourth-order valence-corrected chi connectivity index (χ4v) is 2.94. The topological polar surface area (TPSA) is 78.6 Å². The first-order chi connectivity index (χ1) is 14.2. The highest BCUT2D eigenvalue weighted by molar-refractivity contribution is 5.79. The predicted octanol–water partition coefficient (Wildman–Crippen LogP) is 3.45. The van der Waals surface area contributed by atoms with Crippen LogP contribution < -0.4 is 15.5 Å². The maximum absolute atomic E-state index is 5.57. The summed E-state index contributed by atoms with van der Waals surface area (Å²) in [5.41, 5.74) is 2.87. The van der Waals surface area contributed by atoms with E-state index in [-0.39, 0.29) is 0 Å². The minimum absolute atomic E-state index is 0.523. The van der Waals surface area contributed by atoms with E-state index in [0.29, 0.717) is 24.9 Å². The maximum atomic E-state index is 5.57. The highest BCUT2D eigenvalue weighted by Gasteiger charge is 2.07. The monoisotopic (exact) mass is 392 g/mol. The number of nitrogens with zero attached hydrogens (tertiary/aromatic N) is 4. The fourth-order valence-electron chi connectivity index (χ4n) is 2.94. The quantitative estimate of drug-likeness (QED) is 0.452. The number of pyridine rings is 1. The molecule has 3 rings (SSSR count). The van der Waals surface area contributed by atoms with Crippen LogP contribution in [0.1, 0.15) is 25.1 Å². The molecule has 0 unspecified atom stereocenters. The summed E-state index contributed by atoms with van der Waals surface area (Å²) < 4.78 is 5.57. The van der Waals surface area contributed by atoms with Crippen LogP contribution in [-0.4, -0.2) is 36.1 Å². The number of rotatable bonds is 8. The van der Waals surface area contributed by atoms with Crippen LogP contribution in [0.5, 0.6) is 0 Å². The van der Waals surface area contributed by atoms with Gasteiger partial charge in [-0.1, -0.05) is 24.3 Å². The Kier molecular flexibility index (Phi) is 7.22.